The molecule has 0 aromatic carbocycles. The van der Waals surface area contributed by atoms with Crippen molar-refractivity contribution in [1.29, 1.82) is 0 Å². The molecule has 0 radical (unpaired) electrons. The fraction of sp³-hybridized carbons (Fsp3) is 0.833. The first-order chi connectivity index (χ1) is 3.77. The molecule has 0 heterocycles. The van der Waals surface area contributed by atoms with E-state index >= 15 is 0 Å². The molecule has 0 saturated carbocycles. The van der Waals surface area contributed by atoms with Crippen LogP contribution in [-0.4, -0.2) is 11.1 Å². The van der Waals surface area contributed by atoms with E-state index in [0.29, 0.717) is 6.42 Å². The third-order valence-electron chi connectivity index (χ3n) is 0.994. The van der Waals surface area contributed by atoms with Crippen LogP contribution in [0.15, 0.2) is 0 Å². The van der Waals surface area contributed by atoms with Gasteiger partial charge in [0.2, 0.25) is 0 Å². The molecule has 3 heteroatoms. The average molecular weight is 229 g/mol. The van der Waals surface area contributed by atoms with E-state index in [9.17, 15) is 4.79 Å². The summed E-state index contributed by atoms with van der Waals surface area (Å²) >= 11 is 0. The van der Waals surface area contributed by atoms with Gasteiger partial charge in [0.25, 0.3) is 0 Å². The molecule has 0 unspecified atom stereocenters. The van der Waals surface area contributed by atoms with Gasteiger partial charge >= 0.3 is 5.97 Å². The average Bonchev–Trinajstić information content (AvgIpc) is 1.66. The summed E-state index contributed by atoms with van der Waals surface area (Å²) in [5.41, 5.74) is 0. The number of hydrogen-bond donors (Lipinski definition) is 1. The normalized spacial score (nSPS) is 8.11. The van der Waals surface area contributed by atoms with Crippen molar-refractivity contribution < 1.29 is 37.2 Å². The summed E-state index contributed by atoms with van der Waals surface area (Å²) in [4.78, 5) is 9.87. The third-order valence-corrected chi connectivity index (χ3v) is 0.994. The summed E-state index contributed by atoms with van der Waals surface area (Å²) in [5.74, 6) is -0.682. The molecule has 0 amide bonds. The molecule has 50 valence electrons. The van der Waals surface area contributed by atoms with Gasteiger partial charge in [-0.05, 0) is 6.42 Å². The standard InChI is InChI=1S/C6H12O2.Cd/c1-2-3-4-5-6(7)8;/h2-5H2,1H3,(H,7,8);. The Labute approximate surface area is 75.8 Å². The SMILES string of the molecule is CCCCCC(=O)O.[Cd]. The van der Waals surface area contributed by atoms with Gasteiger partial charge in [-0.15, -0.1) is 0 Å². The Balaban J connectivity index is 0. The van der Waals surface area contributed by atoms with Crippen molar-refractivity contribution in [3.63, 3.8) is 0 Å². The van der Waals surface area contributed by atoms with E-state index in [4.69, 9.17) is 5.11 Å². The van der Waals surface area contributed by atoms with Crippen LogP contribution in [0.5, 0.6) is 0 Å². The van der Waals surface area contributed by atoms with Crippen LogP contribution in [0.25, 0.3) is 0 Å². The molecular formula is C6H12CdO2. The molecule has 0 aliphatic carbocycles. The van der Waals surface area contributed by atoms with Gasteiger partial charge in [-0.2, -0.15) is 0 Å². The number of hydrogen-bond acceptors (Lipinski definition) is 1. The molecule has 0 aliphatic heterocycles. The fourth-order valence-corrected chi connectivity index (χ4v) is 0.526. The smallest absolute Gasteiger partial charge is 0.303 e. The molecule has 1 N–H and O–H groups in total. The number of carbonyl (C=O) groups is 1. The zero-order valence-corrected chi connectivity index (χ0v) is 9.93. The predicted octanol–water partition coefficient (Wildman–Crippen LogP) is 1.65. The van der Waals surface area contributed by atoms with Gasteiger partial charge in [-0.25, -0.2) is 0 Å². The first-order valence-corrected chi connectivity index (χ1v) is 2.99. The van der Waals surface area contributed by atoms with Crippen LogP contribution in [-0.2, 0) is 32.1 Å². The van der Waals surface area contributed by atoms with Gasteiger partial charge in [-0.1, -0.05) is 19.8 Å². The number of unbranched alkanes of at least 4 members (excludes halogenated alkanes) is 2. The Hall–Kier alpha value is 0.392. The minimum atomic E-state index is -0.682. The van der Waals surface area contributed by atoms with Gasteiger partial charge in [0.15, 0.2) is 0 Å². The van der Waals surface area contributed by atoms with Gasteiger partial charge in [0.1, 0.15) is 0 Å². The van der Waals surface area contributed by atoms with Crippen molar-refractivity contribution in [1.82, 2.24) is 0 Å². The number of carboxylic acid groups (broad SMARTS) is 1. The van der Waals surface area contributed by atoms with Crippen LogP contribution >= 0.6 is 0 Å². The summed E-state index contributed by atoms with van der Waals surface area (Å²) in [7, 11) is 0. The van der Waals surface area contributed by atoms with Gasteiger partial charge < -0.3 is 5.11 Å². The van der Waals surface area contributed by atoms with Crippen molar-refractivity contribution in [2.24, 2.45) is 0 Å². The van der Waals surface area contributed by atoms with Crippen molar-refractivity contribution >= 4 is 5.97 Å². The molecule has 0 fully saturated rings. The zero-order chi connectivity index (χ0) is 6.41. The number of aliphatic carboxylic acids is 1. The molecule has 0 spiro atoms. The Morgan fingerprint density at radius 3 is 2.33 bits per heavy atom. The van der Waals surface area contributed by atoms with Gasteiger partial charge in [0, 0.05) is 33.7 Å². The Morgan fingerprint density at radius 1 is 1.44 bits per heavy atom. The van der Waals surface area contributed by atoms with Gasteiger partial charge in [0.05, 0.1) is 0 Å². The Morgan fingerprint density at radius 2 is 2.00 bits per heavy atom. The van der Waals surface area contributed by atoms with E-state index in [1.807, 2.05) is 0 Å². The van der Waals surface area contributed by atoms with Crippen LogP contribution in [0.1, 0.15) is 32.6 Å². The fourth-order valence-electron chi connectivity index (χ4n) is 0.526. The van der Waals surface area contributed by atoms with E-state index in [-0.39, 0.29) is 27.3 Å². The quantitative estimate of drug-likeness (QED) is 0.587. The maximum atomic E-state index is 9.87. The molecule has 2 nitrogen and oxygen atoms in total. The van der Waals surface area contributed by atoms with Crippen molar-refractivity contribution in [3.05, 3.63) is 0 Å². The molecule has 9 heavy (non-hydrogen) atoms. The van der Waals surface area contributed by atoms with Gasteiger partial charge in [-0.3, -0.25) is 4.79 Å². The first-order valence-electron chi connectivity index (χ1n) is 2.99. The summed E-state index contributed by atoms with van der Waals surface area (Å²) in [5, 5.41) is 8.14. The Bertz CT molecular complexity index is 73.5. The molecule has 0 saturated heterocycles. The topological polar surface area (TPSA) is 37.3 Å². The second-order valence-corrected chi connectivity index (χ2v) is 1.85. The first kappa shape index (κ1) is 12.1. The predicted molar refractivity (Wildman–Crippen MR) is 31.8 cm³/mol. The largest absolute Gasteiger partial charge is 0.481 e. The Kier molecular flexibility index (Phi) is 11.3. The molecule has 0 atom stereocenters. The number of carboxylic acids is 1. The van der Waals surface area contributed by atoms with Crippen molar-refractivity contribution in [2.45, 2.75) is 32.6 Å². The maximum absolute atomic E-state index is 9.87. The van der Waals surface area contributed by atoms with Crippen LogP contribution in [0.4, 0.5) is 0 Å². The monoisotopic (exact) mass is 230 g/mol. The van der Waals surface area contributed by atoms with E-state index in [0.717, 1.165) is 19.3 Å². The summed E-state index contributed by atoms with van der Waals surface area (Å²) in [6.07, 6.45) is 3.28. The van der Waals surface area contributed by atoms with Crippen LogP contribution in [0.2, 0.25) is 0 Å². The second kappa shape index (κ2) is 8.39. The summed E-state index contributed by atoms with van der Waals surface area (Å²) in [6, 6.07) is 0. The van der Waals surface area contributed by atoms with Crippen LogP contribution in [0.3, 0.4) is 0 Å². The minimum absolute atomic E-state index is 0. The van der Waals surface area contributed by atoms with Crippen LogP contribution < -0.4 is 0 Å². The molecule has 0 aromatic heterocycles. The number of rotatable bonds is 4. The van der Waals surface area contributed by atoms with E-state index in [2.05, 4.69) is 6.92 Å². The van der Waals surface area contributed by atoms with Crippen LogP contribution in [0, 0.1) is 0 Å². The van der Waals surface area contributed by atoms with Crippen molar-refractivity contribution in [2.75, 3.05) is 0 Å². The summed E-state index contributed by atoms with van der Waals surface area (Å²) < 4.78 is 0. The maximum Gasteiger partial charge on any atom is 0.303 e. The molecule has 0 aliphatic rings. The summed E-state index contributed by atoms with van der Waals surface area (Å²) in [6.45, 7) is 2.06. The minimum Gasteiger partial charge on any atom is -0.481 e. The second-order valence-electron chi connectivity index (χ2n) is 1.85. The third kappa shape index (κ3) is 11.8. The van der Waals surface area contributed by atoms with E-state index < -0.39 is 5.97 Å². The molecule has 0 aromatic rings. The van der Waals surface area contributed by atoms with E-state index in [1.165, 1.54) is 0 Å². The molecule has 0 rings (SSSR count). The molecule has 0 bridgehead atoms. The zero-order valence-electron chi connectivity index (χ0n) is 5.89. The van der Waals surface area contributed by atoms with E-state index in [1.54, 1.807) is 0 Å². The molecular weight excluding hydrogens is 216 g/mol. The van der Waals surface area contributed by atoms with Crippen molar-refractivity contribution in [3.8, 4) is 0 Å².